The standard InChI is InChI=1S/C31H34Cl2FN3O5S/c1-21(31(39)35-25-6-4-3-5-7-25)36(19-22-8-9-23(32)18-29(22)33)30(38)20-37(26-12-10-24(34)11-13-26)43(40,41)28-16-14-27(42-2)15-17-28/h8-18,21,25H,3-7,19-20H2,1-2H3,(H,35,39)/t21-/m1/s1. The lowest BCUT2D eigenvalue weighted by molar-refractivity contribution is -0.139. The minimum Gasteiger partial charge on any atom is -0.497 e. The van der Waals surface area contributed by atoms with Crippen molar-refractivity contribution < 1.29 is 27.1 Å². The lowest BCUT2D eigenvalue weighted by Gasteiger charge is -2.33. The first-order valence-corrected chi connectivity index (χ1v) is 16.2. The number of amides is 2. The summed E-state index contributed by atoms with van der Waals surface area (Å²) in [5.74, 6) is -1.12. The molecule has 0 spiro atoms. The Kier molecular flexibility index (Phi) is 10.9. The fraction of sp³-hybridized carbons (Fsp3) is 0.355. The highest BCUT2D eigenvalue weighted by atomic mass is 35.5. The van der Waals surface area contributed by atoms with E-state index >= 15 is 0 Å². The highest BCUT2D eigenvalue weighted by Gasteiger charge is 2.33. The number of carbonyl (C=O) groups excluding carboxylic acids is 2. The molecule has 3 aromatic carbocycles. The van der Waals surface area contributed by atoms with Gasteiger partial charge >= 0.3 is 0 Å². The van der Waals surface area contributed by atoms with Gasteiger partial charge in [0.25, 0.3) is 10.0 Å². The van der Waals surface area contributed by atoms with E-state index in [1.165, 1.54) is 54.5 Å². The second kappa shape index (κ2) is 14.4. The minimum atomic E-state index is -4.31. The molecule has 4 rings (SSSR count). The second-order valence-corrected chi connectivity index (χ2v) is 13.1. The Bertz CT molecular complexity index is 1530. The molecule has 1 N–H and O–H groups in total. The normalized spacial score (nSPS) is 14.5. The molecule has 1 fully saturated rings. The van der Waals surface area contributed by atoms with Gasteiger partial charge in [0.1, 0.15) is 24.2 Å². The van der Waals surface area contributed by atoms with Crippen molar-refractivity contribution in [1.29, 1.82) is 0 Å². The number of anilines is 1. The van der Waals surface area contributed by atoms with Crippen LogP contribution in [0.3, 0.4) is 0 Å². The Morgan fingerprint density at radius 2 is 1.65 bits per heavy atom. The molecule has 43 heavy (non-hydrogen) atoms. The van der Waals surface area contributed by atoms with Crippen molar-refractivity contribution in [3.05, 3.63) is 88.2 Å². The van der Waals surface area contributed by atoms with Gasteiger partial charge in [-0.3, -0.25) is 13.9 Å². The van der Waals surface area contributed by atoms with Crippen LogP contribution in [0, 0.1) is 5.82 Å². The summed E-state index contributed by atoms with van der Waals surface area (Å²) >= 11 is 12.5. The topological polar surface area (TPSA) is 96.0 Å². The first-order chi connectivity index (χ1) is 20.5. The summed E-state index contributed by atoms with van der Waals surface area (Å²) in [4.78, 5) is 28.7. The Hall–Kier alpha value is -3.34. The number of methoxy groups -OCH3 is 1. The highest BCUT2D eigenvalue weighted by Crippen LogP contribution is 2.28. The Balaban J connectivity index is 1.69. The summed E-state index contributed by atoms with van der Waals surface area (Å²) in [5.41, 5.74) is 0.609. The number of nitrogens with zero attached hydrogens (tertiary/aromatic N) is 2. The van der Waals surface area contributed by atoms with Gasteiger partial charge in [-0.1, -0.05) is 48.5 Å². The van der Waals surface area contributed by atoms with Crippen molar-refractivity contribution >= 4 is 50.7 Å². The number of hydrogen-bond donors (Lipinski definition) is 1. The molecule has 0 aromatic heterocycles. The fourth-order valence-corrected chi connectivity index (χ4v) is 6.88. The van der Waals surface area contributed by atoms with E-state index in [2.05, 4.69) is 5.32 Å². The minimum absolute atomic E-state index is 0.00550. The van der Waals surface area contributed by atoms with Gasteiger partial charge in [-0.2, -0.15) is 0 Å². The Labute approximate surface area is 261 Å². The third-order valence-corrected chi connectivity index (χ3v) is 9.89. The first kappa shape index (κ1) is 32.6. The monoisotopic (exact) mass is 649 g/mol. The molecule has 230 valence electrons. The van der Waals surface area contributed by atoms with Crippen LogP contribution < -0.4 is 14.4 Å². The van der Waals surface area contributed by atoms with E-state index in [9.17, 15) is 22.4 Å². The lowest BCUT2D eigenvalue weighted by atomic mass is 9.95. The summed E-state index contributed by atoms with van der Waals surface area (Å²) in [6.45, 7) is 0.861. The van der Waals surface area contributed by atoms with Gasteiger partial charge in [-0.25, -0.2) is 12.8 Å². The van der Waals surface area contributed by atoms with Crippen molar-refractivity contribution in [2.24, 2.45) is 0 Å². The molecule has 0 saturated heterocycles. The third kappa shape index (κ3) is 8.19. The molecule has 2 amide bonds. The van der Waals surface area contributed by atoms with E-state index in [4.69, 9.17) is 27.9 Å². The molecular formula is C31H34Cl2FN3O5S. The van der Waals surface area contributed by atoms with Crippen LogP contribution in [-0.4, -0.2) is 50.9 Å². The summed E-state index contributed by atoms with van der Waals surface area (Å²) in [6.07, 6.45) is 4.85. The maximum Gasteiger partial charge on any atom is 0.264 e. The number of nitrogens with one attached hydrogen (secondary N) is 1. The molecule has 1 atom stereocenters. The van der Waals surface area contributed by atoms with E-state index in [1.54, 1.807) is 19.1 Å². The summed E-state index contributed by atoms with van der Waals surface area (Å²) in [5, 5.41) is 3.75. The molecule has 8 nitrogen and oxygen atoms in total. The number of carbonyl (C=O) groups is 2. The fourth-order valence-electron chi connectivity index (χ4n) is 5.00. The zero-order chi connectivity index (χ0) is 31.1. The summed E-state index contributed by atoms with van der Waals surface area (Å²) < 4.78 is 47.7. The van der Waals surface area contributed by atoms with Gasteiger partial charge in [0.15, 0.2) is 0 Å². The molecule has 1 aliphatic rings. The van der Waals surface area contributed by atoms with Crippen LogP contribution in [0.4, 0.5) is 10.1 Å². The van der Waals surface area contributed by atoms with Crippen LogP contribution in [0.1, 0.15) is 44.6 Å². The molecule has 3 aromatic rings. The number of benzene rings is 3. The lowest BCUT2D eigenvalue weighted by Crippen LogP contribution is -2.53. The van der Waals surface area contributed by atoms with Crippen LogP contribution >= 0.6 is 23.2 Å². The first-order valence-electron chi connectivity index (χ1n) is 14.0. The zero-order valence-corrected chi connectivity index (χ0v) is 26.3. The maximum absolute atomic E-state index is 14.1. The van der Waals surface area contributed by atoms with Gasteiger partial charge in [-0.05, 0) is 86.0 Å². The van der Waals surface area contributed by atoms with Crippen LogP contribution in [-0.2, 0) is 26.2 Å². The average molecular weight is 651 g/mol. The molecule has 1 saturated carbocycles. The Morgan fingerprint density at radius 3 is 2.26 bits per heavy atom. The molecular weight excluding hydrogens is 616 g/mol. The molecule has 0 bridgehead atoms. The number of halogens is 3. The molecule has 12 heteroatoms. The van der Waals surface area contributed by atoms with Gasteiger partial charge in [0.05, 0.1) is 17.7 Å². The molecule has 0 unspecified atom stereocenters. The summed E-state index contributed by atoms with van der Waals surface area (Å²) in [6, 6.07) is 14.4. The van der Waals surface area contributed by atoms with E-state index in [-0.39, 0.29) is 29.1 Å². The summed E-state index contributed by atoms with van der Waals surface area (Å²) in [7, 11) is -2.85. The van der Waals surface area contributed by atoms with Crippen molar-refractivity contribution in [1.82, 2.24) is 10.2 Å². The number of rotatable bonds is 11. The molecule has 1 aliphatic carbocycles. The smallest absolute Gasteiger partial charge is 0.264 e. The van der Waals surface area contributed by atoms with E-state index in [0.29, 0.717) is 21.4 Å². The largest absolute Gasteiger partial charge is 0.497 e. The van der Waals surface area contributed by atoms with Crippen molar-refractivity contribution in [2.75, 3.05) is 18.0 Å². The van der Waals surface area contributed by atoms with Crippen LogP contribution in [0.25, 0.3) is 0 Å². The van der Waals surface area contributed by atoms with Crippen molar-refractivity contribution in [2.45, 2.75) is 62.6 Å². The zero-order valence-electron chi connectivity index (χ0n) is 23.9. The van der Waals surface area contributed by atoms with Crippen LogP contribution in [0.2, 0.25) is 10.0 Å². The van der Waals surface area contributed by atoms with Gasteiger partial charge < -0.3 is 15.0 Å². The Morgan fingerprint density at radius 1 is 1.00 bits per heavy atom. The number of ether oxygens (including phenoxy) is 1. The van der Waals surface area contributed by atoms with E-state index in [0.717, 1.165) is 48.5 Å². The van der Waals surface area contributed by atoms with Gasteiger partial charge in [0, 0.05) is 22.6 Å². The quantitative estimate of drug-likeness (QED) is 0.267. The van der Waals surface area contributed by atoms with Crippen molar-refractivity contribution in [3.63, 3.8) is 0 Å². The van der Waals surface area contributed by atoms with Crippen LogP contribution in [0.5, 0.6) is 5.75 Å². The van der Waals surface area contributed by atoms with Gasteiger partial charge in [0.2, 0.25) is 11.8 Å². The second-order valence-electron chi connectivity index (χ2n) is 10.4. The van der Waals surface area contributed by atoms with Gasteiger partial charge in [-0.15, -0.1) is 0 Å². The predicted octanol–water partition coefficient (Wildman–Crippen LogP) is 6.20. The van der Waals surface area contributed by atoms with Crippen LogP contribution in [0.15, 0.2) is 71.6 Å². The average Bonchev–Trinajstić information content (AvgIpc) is 3.00. The highest BCUT2D eigenvalue weighted by molar-refractivity contribution is 7.92. The molecule has 0 radical (unpaired) electrons. The third-order valence-electron chi connectivity index (χ3n) is 7.52. The van der Waals surface area contributed by atoms with Crippen molar-refractivity contribution in [3.8, 4) is 5.75 Å². The number of sulfonamides is 1. The number of hydrogen-bond acceptors (Lipinski definition) is 5. The van der Waals surface area contributed by atoms with E-state index in [1.807, 2.05) is 0 Å². The SMILES string of the molecule is COc1ccc(S(=O)(=O)N(CC(=O)N(Cc2ccc(Cl)cc2Cl)[C@H](C)C(=O)NC2CCCCC2)c2ccc(F)cc2)cc1. The molecule has 0 heterocycles. The maximum atomic E-state index is 14.1. The van der Waals surface area contributed by atoms with E-state index < -0.39 is 34.3 Å². The predicted molar refractivity (Wildman–Crippen MR) is 165 cm³/mol. The molecule has 0 aliphatic heterocycles.